The van der Waals surface area contributed by atoms with E-state index in [2.05, 4.69) is 10.3 Å². The van der Waals surface area contributed by atoms with Crippen molar-refractivity contribution in [1.82, 2.24) is 4.98 Å². The second kappa shape index (κ2) is 4.63. The fourth-order valence-electron chi connectivity index (χ4n) is 1.35. The van der Waals surface area contributed by atoms with Crippen molar-refractivity contribution in [3.05, 3.63) is 48.2 Å². The highest BCUT2D eigenvalue weighted by Crippen LogP contribution is 2.23. The molecule has 0 unspecified atom stereocenters. The van der Waals surface area contributed by atoms with E-state index < -0.39 is 0 Å². The Morgan fingerprint density at radius 3 is 2.56 bits per heavy atom. The van der Waals surface area contributed by atoms with Crippen LogP contribution < -0.4 is 11.1 Å². The van der Waals surface area contributed by atoms with E-state index in [1.807, 2.05) is 24.3 Å². The first kappa shape index (κ1) is 10.4. The van der Waals surface area contributed by atoms with Crippen LogP contribution in [-0.4, -0.2) is 10.1 Å². The zero-order valence-electron chi connectivity index (χ0n) is 8.72. The average Bonchev–Trinajstić information content (AvgIpc) is 2.33. The zero-order chi connectivity index (χ0) is 11.4. The molecule has 4 N–H and O–H groups in total. The molecule has 1 heterocycles. The van der Waals surface area contributed by atoms with Crippen LogP contribution >= 0.6 is 0 Å². The Morgan fingerprint density at radius 1 is 1.19 bits per heavy atom. The molecular weight excluding hydrogens is 202 g/mol. The summed E-state index contributed by atoms with van der Waals surface area (Å²) in [5.41, 5.74) is 7.44. The molecule has 0 saturated heterocycles. The maximum Gasteiger partial charge on any atom is 0.172 e. The summed E-state index contributed by atoms with van der Waals surface area (Å²) in [5, 5.41) is 12.5. The van der Waals surface area contributed by atoms with Crippen molar-refractivity contribution < 1.29 is 5.11 Å². The predicted molar refractivity (Wildman–Crippen MR) is 63.5 cm³/mol. The third-order valence-corrected chi connectivity index (χ3v) is 2.24. The molecule has 2 rings (SSSR count). The van der Waals surface area contributed by atoms with E-state index in [0.717, 1.165) is 11.3 Å². The quantitative estimate of drug-likeness (QED) is 0.732. The number of aromatic hydroxyl groups is 1. The Balaban J connectivity index is 2.18. The van der Waals surface area contributed by atoms with E-state index in [1.54, 1.807) is 18.3 Å². The monoisotopic (exact) mass is 215 g/mol. The SMILES string of the molecule is NCc1ccc(Nc2ncccc2O)cc1. The normalized spacial score (nSPS) is 10.1. The molecule has 0 atom stereocenters. The van der Waals surface area contributed by atoms with Gasteiger partial charge < -0.3 is 16.2 Å². The zero-order valence-corrected chi connectivity index (χ0v) is 8.72. The molecule has 0 spiro atoms. The highest BCUT2D eigenvalue weighted by Gasteiger charge is 2.01. The molecule has 0 radical (unpaired) electrons. The molecule has 82 valence electrons. The van der Waals surface area contributed by atoms with Gasteiger partial charge in [-0.1, -0.05) is 12.1 Å². The third-order valence-electron chi connectivity index (χ3n) is 2.24. The van der Waals surface area contributed by atoms with Crippen LogP contribution in [-0.2, 0) is 6.54 Å². The number of rotatable bonds is 3. The Hall–Kier alpha value is -2.07. The van der Waals surface area contributed by atoms with Crippen LogP contribution in [0.15, 0.2) is 42.6 Å². The van der Waals surface area contributed by atoms with Crippen LogP contribution in [0.3, 0.4) is 0 Å². The van der Waals surface area contributed by atoms with E-state index in [1.165, 1.54) is 0 Å². The van der Waals surface area contributed by atoms with Crippen LogP contribution in [0.1, 0.15) is 5.56 Å². The molecule has 0 bridgehead atoms. The van der Waals surface area contributed by atoms with E-state index >= 15 is 0 Å². The number of hydrogen-bond donors (Lipinski definition) is 3. The second-order valence-corrected chi connectivity index (χ2v) is 3.40. The number of nitrogens with one attached hydrogen (secondary N) is 1. The fraction of sp³-hybridized carbons (Fsp3) is 0.0833. The molecular formula is C12H13N3O. The first-order chi connectivity index (χ1) is 7.79. The lowest BCUT2D eigenvalue weighted by Crippen LogP contribution is -1.97. The minimum atomic E-state index is 0.130. The molecule has 0 aliphatic rings. The van der Waals surface area contributed by atoms with Gasteiger partial charge in [-0.15, -0.1) is 0 Å². The summed E-state index contributed by atoms with van der Waals surface area (Å²) in [4.78, 5) is 4.03. The maximum atomic E-state index is 9.53. The van der Waals surface area contributed by atoms with Gasteiger partial charge in [-0.05, 0) is 29.8 Å². The number of aromatic nitrogens is 1. The minimum absolute atomic E-state index is 0.130. The van der Waals surface area contributed by atoms with Crippen molar-refractivity contribution in [2.24, 2.45) is 5.73 Å². The van der Waals surface area contributed by atoms with Crippen molar-refractivity contribution in [3.63, 3.8) is 0 Å². The summed E-state index contributed by atoms with van der Waals surface area (Å²) in [6, 6.07) is 10.9. The van der Waals surface area contributed by atoms with Gasteiger partial charge in [0, 0.05) is 18.4 Å². The Bertz CT molecular complexity index is 468. The molecule has 2 aromatic rings. The van der Waals surface area contributed by atoms with Gasteiger partial charge in [0.05, 0.1) is 0 Å². The number of benzene rings is 1. The molecule has 1 aromatic heterocycles. The van der Waals surface area contributed by atoms with E-state index in [9.17, 15) is 5.11 Å². The first-order valence-corrected chi connectivity index (χ1v) is 4.99. The van der Waals surface area contributed by atoms with Crippen molar-refractivity contribution in [1.29, 1.82) is 0 Å². The molecule has 4 nitrogen and oxygen atoms in total. The van der Waals surface area contributed by atoms with Crippen molar-refractivity contribution in [2.75, 3.05) is 5.32 Å². The topological polar surface area (TPSA) is 71.2 Å². The van der Waals surface area contributed by atoms with Gasteiger partial charge in [-0.3, -0.25) is 0 Å². The van der Waals surface area contributed by atoms with Gasteiger partial charge in [0.2, 0.25) is 0 Å². The molecule has 0 aliphatic carbocycles. The van der Waals surface area contributed by atoms with E-state index in [0.29, 0.717) is 12.4 Å². The van der Waals surface area contributed by atoms with Crippen LogP contribution in [0.2, 0.25) is 0 Å². The Labute approximate surface area is 93.8 Å². The second-order valence-electron chi connectivity index (χ2n) is 3.40. The highest BCUT2D eigenvalue weighted by atomic mass is 16.3. The van der Waals surface area contributed by atoms with Gasteiger partial charge >= 0.3 is 0 Å². The van der Waals surface area contributed by atoms with Gasteiger partial charge in [-0.25, -0.2) is 4.98 Å². The van der Waals surface area contributed by atoms with Crippen LogP contribution in [0, 0.1) is 0 Å². The fourth-order valence-corrected chi connectivity index (χ4v) is 1.35. The summed E-state index contributed by atoms with van der Waals surface area (Å²) >= 11 is 0. The van der Waals surface area contributed by atoms with E-state index in [4.69, 9.17) is 5.73 Å². The highest BCUT2D eigenvalue weighted by molar-refractivity contribution is 5.61. The van der Waals surface area contributed by atoms with Gasteiger partial charge in [0.1, 0.15) is 0 Å². The molecule has 0 saturated carbocycles. The number of hydrogen-bond acceptors (Lipinski definition) is 4. The smallest absolute Gasteiger partial charge is 0.172 e. The van der Waals surface area contributed by atoms with Crippen LogP contribution in [0.25, 0.3) is 0 Å². The lowest BCUT2D eigenvalue weighted by atomic mass is 10.2. The van der Waals surface area contributed by atoms with Gasteiger partial charge in [-0.2, -0.15) is 0 Å². The van der Waals surface area contributed by atoms with E-state index in [-0.39, 0.29) is 5.75 Å². The maximum absolute atomic E-state index is 9.53. The summed E-state index contributed by atoms with van der Waals surface area (Å²) in [6.07, 6.45) is 1.62. The number of pyridine rings is 1. The van der Waals surface area contributed by atoms with Gasteiger partial charge in [0.25, 0.3) is 0 Å². The largest absolute Gasteiger partial charge is 0.504 e. The lowest BCUT2D eigenvalue weighted by Gasteiger charge is -2.07. The molecule has 4 heteroatoms. The molecule has 0 fully saturated rings. The summed E-state index contributed by atoms with van der Waals surface area (Å²) < 4.78 is 0. The third kappa shape index (κ3) is 2.29. The minimum Gasteiger partial charge on any atom is -0.504 e. The number of nitrogens with two attached hydrogens (primary N) is 1. The Kier molecular flexibility index (Phi) is 3.03. The number of nitrogens with zero attached hydrogens (tertiary/aromatic N) is 1. The molecule has 0 aliphatic heterocycles. The van der Waals surface area contributed by atoms with Crippen LogP contribution in [0.4, 0.5) is 11.5 Å². The van der Waals surface area contributed by atoms with Crippen molar-refractivity contribution >= 4 is 11.5 Å². The summed E-state index contributed by atoms with van der Waals surface area (Å²) in [5.74, 6) is 0.577. The Morgan fingerprint density at radius 2 is 1.94 bits per heavy atom. The lowest BCUT2D eigenvalue weighted by molar-refractivity contribution is 0.475. The molecule has 16 heavy (non-hydrogen) atoms. The molecule has 0 amide bonds. The van der Waals surface area contributed by atoms with Crippen molar-refractivity contribution in [2.45, 2.75) is 6.54 Å². The van der Waals surface area contributed by atoms with Gasteiger partial charge in [0.15, 0.2) is 11.6 Å². The standard InChI is InChI=1S/C12H13N3O/c13-8-9-3-5-10(6-4-9)15-12-11(16)2-1-7-14-12/h1-7,16H,8,13H2,(H,14,15). The van der Waals surface area contributed by atoms with Crippen molar-refractivity contribution in [3.8, 4) is 5.75 Å². The predicted octanol–water partition coefficient (Wildman–Crippen LogP) is 1.99. The number of anilines is 2. The summed E-state index contributed by atoms with van der Waals surface area (Å²) in [7, 11) is 0. The first-order valence-electron chi connectivity index (χ1n) is 4.99. The average molecular weight is 215 g/mol. The summed E-state index contributed by atoms with van der Waals surface area (Å²) in [6.45, 7) is 0.523. The molecule has 1 aromatic carbocycles. The van der Waals surface area contributed by atoms with Crippen LogP contribution in [0.5, 0.6) is 5.75 Å².